The highest BCUT2D eigenvalue weighted by atomic mass is 32.2. The average molecular weight is 546 g/mol. The third kappa shape index (κ3) is 6.07. The molecule has 1 atom stereocenters. The van der Waals surface area contributed by atoms with Crippen molar-refractivity contribution >= 4 is 44.4 Å². The predicted molar refractivity (Wildman–Crippen MR) is 151 cm³/mol. The van der Waals surface area contributed by atoms with E-state index in [2.05, 4.69) is 24.9 Å². The van der Waals surface area contributed by atoms with E-state index in [9.17, 15) is 18.0 Å². The van der Waals surface area contributed by atoms with Crippen LogP contribution in [0.4, 0.5) is 5.69 Å². The van der Waals surface area contributed by atoms with E-state index in [0.29, 0.717) is 6.42 Å². The standard InChI is InChI=1S/C29H31N5O4S/c35-27(21-33-39(37,38)26-7-6-22-4-1-2-5-24(22)20-26)31-17-13-29(12-3-14-32-29)28(36)23-10-18-34(19-11-23)25-8-15-30-16-9-25/h1-9,12,14-16,20,23,33H,10-11,13,17-19,21H2,(H,31,35). The highest BCUT2D eigenvalue weighted by Crippen LogP contribution is 2.32. The number of amides is 1. The molecule has 9 nitrogen and oxygen atoms in total. The molecule has 202 valence electrons. The van der Waals surface area contributed by atoms with Gasteiger partial charge in [-0.15, -0.1) is 0 Å². The molecule has 0 aliphatic carbocycles. The Kier molecular flexibility index (Phi) is 7.85. The predicted octanol–water partition coefficient (Wildman–Crippen LogP) is 2.88. The van der Waals surface area contributed by atoms with Gasteiger partial charge in [0.15, 0.2) is 5.78 Å². The molecule has 2 aliphatic heterocycles. The van der Waals surface area contributed by atoms with Gasteiger partial charge in [-0.3, -0.25) is 19.6 Å². The van der Waals surface area contributed by atoms with Crippen molar-refractivity contribution in [3.05, 3.63) is 79.1 Å². The lowest BCUT2D eigenvalue weighted by Gasteiger charge is -2.36. The van der Waals surface area contributed by atoms with Gasteiger partial charge in [-0.1, -0.05) is 30.3 Å². The van der Waals surface area contributed by atoms with Crippen molar-refractivity contribution in [2.24, 2.45) is 10.9 Å². The Morgan fingerprint density at radius 2 is 1.74 bits per heavy atom. The third-order valence-electron chi connectivity index (χ3n) is 7.37. The van der Waals surface area contributed by atoms with Crippen molar-refractivity contribution in [2.75, 3.05) is 31.1 Å². The molecule has 0 saturated carbocycles. The van der Waals surface area contributed by atoms with E-state index in [0.717, 1.165) is 42.4 Å². The number of pyridine rings is 1. The maximum Gasteiger partial charge on any atom is 0.241 e. The van der Waals surface area contributed by atoms with Crippen molar-refractivity contribution in [2.45, 2.75) is 29.7 Å². The molecule has 1 amide bonds. The monoisotopic (exact) mass is 545 g/mol. The second kappa shape index (κ2) is 11.5. The van der Waals surface area contributed by atoms with Crippen LogP contribution in [0.25, 0.3) is 10.8 Å². The van der Waals surface area contributed by atoms with Crippen molar-refractivity contribution < 1.29 is 18.0 Å². The molecular weight excluding hydrogens is 514 g/mol. The minimum Gasteiger partial charge on any atom is -0.371 e. The van der Waals surface area contributed by atoms with E-state index >= 15 is 0 Å². The van der Waals surface area contributed by atoms with Gasteiger partial charge in [0.25, 0.3) is 0 Å². The number of fused-ring (bicyclic) bond motifs is 1. The Bertz CT molecular complexity index is 1500. The minimum atomic E-state index is -3.86. The van der Waals surface area contributed by atoms with E-state index in [1.54, 1.807) is 42.9 Å². The molecule has 2 aromatic carbocycles. The summed E-state index contributed by atoms with van der Waals surface area (Å²) in [6.07, 6.45) is 10.5. The molecule has 2 aliphatic rings. The number of nitrogens with one attached hydrogen (secondary N) is 2. The van der Waals surface area contributed by atoms with Gasteiger partial charge in [-0.2, -0.15) is 0 Å². The number of ketones is 1. The first-order valence-electron chi connectivity index (χ1n) is 13.0. The van der Waals surface area contributed by atoms with Gasteiger partial charge >= 0.3 is 0 Å². The fourth-order valence-corrected chi connectivity index (χ4v) is 6.20. The summed E-state index contributed by atoms with van der Waals surface area (Å²) in [6, 6.07) is 16.2. The van der Waals surface area contributed by atoms with Crippen LogP contribution < -0.4 is 14.9 Å². The molecule has 10 heteroatoms. The van der Waals surface area contributed by atoms with Gasteiger partial charge in [0.05, 0.1) is 11.4 Å². The van der Waals surface area contributed by atoms with E-state index in [-0.39, 0.29) is 23.1 Å². The zero-order chi connectivity index (χ0) is 27.3. The Labute approximate surface area is 228 Å². The van der Waals surface area contributed by atoms with Crippen LogP contribution in [0.5, 0.6) is 0 Å². The molecule has 0 radical (unpaired) electrons. The number of Topliss-reactive ketones (excluding diaryl/α,β-unsaturated/α-hetero) is 1. The number of aliphatic imine (C=N–C) groups is 1. The lowest BCUT2D eigenvalue weighted by Crippen LogP contribution is -2.46. The molecule has 3 aromatic rings. The zero-order valence-electron chi connectivity index (χ0n) is 21.5. The van der Waals surface area contributed by atoms with Crippen LogP contribution in [0.2, 0.25) is 0 Å². The number of carbonyl (C=O) groups excluding carboxylic acids is 2. The van der Waals surface area contributed by atoms with E-state index in [1.165, 1.54) is 6.07 Å². The second-order valence-corrected chi connectivity index (χ2v) is 11.6. The van der Waals surface area contributed by atoms with E-state index in [1.807, 2.05) is 36.4 Å². The first kappa shape index (κ1) is 26.7. The lowest BCUT2D eigenvalue weighted by molar-refractivity contribution is -0.127. The molecule has 1 unspecified atom stereocenters. The van der Waals surface area contributed by atoms with Crippen LogP contribution in [-0.4, -0.2) is 63.0 Å². The highest BCUT2D eigenvalue weighted by molar-refractivity contribution is 7.89. The number of piperidine rings is 1. The zero-order valence-corrected chi connectivity index (χ0v) is 22.3. The summed E-state index contributed by atoms with van der Waals surface area (Å²) in [6.45, 7) is 1.35. The molecular formula is C29H31N5O4S. The maximum absolute atomic E-state index is 13.6. The molecule has 0 spiro atoms. The fraction of sp³-hybridized carbons (Fsp3) is 0.310. The fourth-order valence-electron chi connectivity index (χ4n) is 5.18. The summed E-state index contributed by atoms with van der Waals surface area (Å²) in [7, 11) is -3.86. The quantitative estimate of drug-likeness (QED) is 0.404. The maximum atomic E-state index is 13.6. The SMILES string of the molecule is O=C(CNS(=O)(=O)c1ccc2ccccc2c1)NCCC1(C(=O)C2CCN(c3ccncc3)CC2)C=CC=N1. The van der Waals surface area contributed by atoms with Crippen LogP contribution in [0.3, 0.4) is 0 Å². The third-order valence-corrected chi connectivity index (χ3v) is 8.76. The Hall–Kier alpha value is -3.89. The summed E-state index contributed by atoms with van der Waals surface area (Å²) >= 11 is 0. The van der Waals surface area contributed by atoms with Crippen LogP contribution >= 0.6 is 0 Å². The summed E-state index contributed by atoms with van der Waals surface area (Å²) < 4.78 is 27.8. The average Bonchev–Trinajstić information content (AvgIpc) is 3.46. The van der Waals surface area contributed by atoms with Gasteiger partial charge in [-0.05, 0) is 60.0 Å². The molecule has 0 bridgehead atoms. The van der Waals surface area contributed by atoms with Crippen molar-refractivity contribution in [3.8, 4) is 0 Å². The van der Waals surface area contributed by atoms with Gasteiger partial charge in [0.2, 0.25) is 15.9 Å². The van der Waals surface area contributed by atoms with Crippen LogP contribution in [0.15, 0.2) is 89.0 Å². The number of aromatic nitrogens is 1. The van der Waals surface area contributed by atoms with Gasteiger partial charge in [-0.25, -0.2) is 13.1 Å². The summed E-state index contributed by atoms with van der Waals surface area (Å²) in [4.78, 5) is 36.9. The topological polar surface area (TPSA) is 121 Å². The lowest BCUT2D eigenvalue weighted by atomic mass is 9.79. The minimum absolute atomic E-state index is 0.0631. The molecule has 5 rings (SSSR count). The molecule has 1 aromatic heterocycles. The molecule has 2 N–H and O–H groups in total. The van der Waals surface area contributed by atoms with Gasteiger partial charge < -0.3 is 10.2 Å². The molecule has 1 fully saturated rings. The number of benzene rings is 2. The molecule has 3 heterocycles. The first-order chi connectivity index (χ1) is 18.9. The van der Waals surface area contributed by atoms with Crippen LogP contribution in [0, 0.1) is 5.92 Å². The summed E-state index contributed by atoms with van der Waals surface area (Å²) in [5, 5.41) is 4.46. The van der Waals surface area contributed by atoms with Crippen molar-refractivity contribution in [1.29, 1.82) is 0 Å². The normalized spacial score (nSPS) is 19.4. The summed E-state index contributed by atoms with van der Waals surface area (Å²) in [5.41, 5.74) is 0.102. The largest absolute Gasteiger partial charge is 0.371 e. The number of hydrogen-bond donors (Lipinski definition) is 2. The second-order valence-electron chi connectivity index (χ2n) is 9.83. The number of allylic oxidation sites excluding steroid dienone is 1. The summed E-state index contributed by atoms with van der Waals surface area (Å²) in [5.74, 6) is -0.529. The van der Waals surface area contributed by atoms with E-state index in [4.69, 9.17) is 0 Å². The van der Waals surface area contributed by atoms with Gasteiger partial charge in [0.1, 0.15) is 5.54 Å². The van der Waals surface area contributed by atoms with Crippen LogP contribution in [-0.2, 0) is 19.6 Å². The number of nitrogens with zero attached hydrogens (tertiary/aromatic N) is 3. The van der Waals surface area contributed by atoms with E-state index < -0.39 is 28.0 Å². The van der Waals surface area contributed by atoms with Crippen molar-refractivity contribution in [3.63, 3.8) is 0 Å². The van der Waals surface area contributed by atoms with Crippen LogP contribution in [0.1, 0.15) is 19.3 Å². The number of rotatable bonds is 10. The molecule has 1 saturated heterocycles. The number of carbonyl (C=O) groups is 2. The first-order valence-corrected chi connectivity index (χ1v) is 14.5. The van der Waals surface area contributed by atoms with Gasteiger partial charge in [0, 0.05) is 56.3 Å². The Balaban J connectivity index is 1.12. The molecule has 39 heavy (non-hydrogen) atoms. The smallest absolute Gasteiger partial charge is 0.241 e. The van der Waals surface area contributed by atoms with Crippen molar-refractivity contribution in [1.82, 2.24) is 15.0 Å². The highest BCUT2D eigenvalue weighted by Gasteiger charge is 2.41. The Morgan fingerprint density at radius 1 is 1.00 bits per heavy atom. The Morgan fingerprint density at radius 3 is 2.46 bits per heavy atom. The number of anilines is 1. The number of sulfonamides is 1. The number of hydrogen-bond acceptors (Lipinski definition) is 7.